The van der Waals surface area contributed by atoms with Crippen LogP contribution in [0.3, 0.4) is 0 Å². The molecule has 294 valence electrons. The van der Waals surface area contributed by atoms with Gasteiger partial charge in [-0.25, -0.2) is 9.59 Å². The van der Waals surface area contributed by atoms with Crippen molar-refractivity contribution in [2.24, 2.45) is 16.1 Å². The van der Waals surface area contributed by atoms with Gasteiger partial charge in [0.25, 0.3) is 52.3 Å². The maximum atomic E-state index is 13.5. The summed E-state index contributed by atoms with van der Waals surface area (Å²) in [4.78, 5) is 48.6. The molecule has 2 amide bonds. The molecule has 0 aliphatic carbocycles. The SMILES string of the molecule is CCOC(=O)C1=NN(c2cc(S(=O)(=O)O)ccc2S(=O)(=O)O)C(=O)C1=CC=CC=CC1C(=O)N(c2cc(S(=O)(=O)O)ccc2S(=O)(=O)O)N=C1C(=O)OCC. The van der Waals surface area contributed by atoms with Crippen LogP contribution in [0.1, 0.15) is 13.8 Å². The normalized spacial score (nSPS) is 17.7. The highest BCUT2D eigenvalue weighted by molar-refractivity contribution is 7.87. The van der Waals surface area contributed by atoms with Gasteiger partial charge in [0.1, 0.15) is 15.7 Å². The lowest BCUT2D eigenvalue weighted by Gasteiger charge is -2.16. The molecule has 2 aromatic rings. The van der Waals surface area contributed by atoms with Crippen molar-refractivity contribution in [3.63, 3.8) is 0 Å². The Morgan fingerprint density at radius 2 is 1.18 bits per heavy atom. The lowest BCUT2D eigenvalue weighted by molar-refractivity contribution is -0.136. The molecule has 2 aromatic carbocycles. The first-order valence-electron chi connectivity index (χ1n) is 14.8. The molecule has 2 heterocycles. The van der Waals surface area contributed by atoms with Crippen LogP contribution < -0.4 is 10.0 Å². The van der Waals surface area contributed by atoms with Crippen LogP contribution in [0.15, 0.2) is 102 Å². The van der Waals surface area contributed by atoms with E-state index in [0.29, 0.717) is 36.4 Å². The smallest absolute Gasteiger partial charge is 0.359 e. The summed E-state index contributed by atoms with van der Waals surface area (Å²) in [5.41, 5.74) is -3.69. The van der Waals surface area contributed by atoms with Gasteiger partial charge in [-0.05, 0) is 56.3 Å². The molecule has 0 fully saturated rings. The fraction of sp³-hybridized carbons (Fsp3) is 0.172. The molecule has 0 aromatic heterocycles. The van der Waals surface area contributed by atoms with Gasteiger partial charge in [0.05, 0.1) is 40.0 Å². The lowest BCUT2D eigenvalue weighted by atomic mass is 10.0. The van der Waals surface area contributed by atoms with E-state index in [1.807, 2.05) is 0 Å². The number of allylic oxidation sites excluding steroid dienone is 4. The molecule has 0 saturated heterocycles. The highest BCUT2D eigenvalue weighted by atomic mass is 32.2. The monoisotopic (exact) mass is 846 g/mol. The molecule has 4 rings (SSSR count). The van der Waals surface area contributed by atoms with E-state index in [4.69, 9.17) is 9.47 Å². The van der Waals surface area contributed by atoms with Gasteiger partial charge in [0.15, 0.2) is 11.4 Å². The fourth-order valence-electron chi connectivity index (χ4n) is 4.74. The van der Waals surface area contributed by atoms with E-state index < -0.39 is 118 Å². The molecule has 55 heavy (non-hydrogen) atoms. The third-order valence-electron chi connectivity index (χ3n) is 7.07. The predicted molar refractivity (Wildman–Crippen MR) is 185 cm³/mol. The van der Waals surface area contributed by atoms with Crippen molar-refractivity contribution in [2.75, 3.05) is 23.2 Å². The second-order valence-corrected chi connectivity index (χ2v) is 16.3. The lowest BCUT2D eigenvalue weighted by Crippen LogP contribution is -2.30. The summed E-state index contributed by atoms with van der Waals surface area (Å²) in [6, 6.07) is 3.34. The van der Waals surface area contributed by atoms with Crippen molar-refractivity contribution in [1.82, 2.24) is 0 Å². The second-order valence-electron chi connectivity index (χ2n) is 10.6. The Morgan fingerprint density at radius 3 is 1.65 bits per heavy atom. The van der Waals surface area contributed by atoms with E-state index in [1.54, 1.807) is 0 Å². The summed E-state index contributed by atoms with van der Waals surface area (Å²) in [5, 5.41) is 8.10. The molecule has 2 aliphatic rings. The summed E-state index contributed by atoms with van der Waals surface area (Å²) in [6.07, 6.45) is 5.26. The maximum absolute atomic E-state index is 13.5. The van der Waals surface area contributed by atoms with E-state index in [9.17, 15) is 71.1 Å². The molecule has 0 spiro atoms. The Morgan fingerprint density at radius 1 is 0.691 bits per heavy atom. The first kappa shape index (κ1) is 42.3. The number of hydrogen-bond acceptors (Lipinski definition) is 16. The molecular formula is C29H26N4O18S4. The molecule has 4 N–H and O–H groups in total. The molecule has 0 bridgehead atoms. The van der Waals surface area contributed by atoms with E-state index in [-0.39, 0.29) is 23.2 Å². The highest BCUT2D eigenvalue weighted by Crippen LogP contribution is 2.34. The van der Waals surface area contributed by atoms with Gasteiger partial charge in [-0.3, -0.25) is 27.8 Å². The van der Waals surface area contributed by atoms with Crippen molar-refractivity contribution < 1.29 is 80.5 Å². The summed E-state index contributed by atoms with van der Waals surface area (Å²) < 4.78 is 143. The zero-order valence-electron chi connectivity index (χ0n) is 27.8. The summed E-state index contributed by atoms with van der Waals surface area (Å²) >= 11 is 0. The Kier molecular flexibility index (Phi) is 12.1. The second kappa shape index (κ2) is 15.7. The minimum atomic E-state index is -5.17. The average molecular weight is 847 g/mol. The zero-order valence-corrected chi connectivity index (χ0v) is 31.0. The Labute approximate surface area is 311 Å². The third kappa shape index (κ3) is 9.25. The number of carbonyl (C=O) groups excluding carboxylic acids is 4. The van der Waals surface area contributed by atoms with Gasteiger partial charge < -0.3 is 9.47 Å². The van der Waals surface area contributed by atoms with Crippen LogP contribution in [0.2, 0.25) is 0 Å². The number of ether oxygens (including phenoxy) is 2. The summed E-state index contributed by atoms with van der Waals surface area (Å²) in [6.45, 7) is 2.37. The number of carbonyl (C=O) groups is 4. The molecule has 1 unspecified atom stereocenters. The van der Waals surface area contributed by atoms with Crippen molar-refractivity contribution in [2.45, 2.75) is 33.4 Å². The minimum Gasteiger partial charge on any atom is -0.461 e. The van der Waals surface area contributed by atoms with Gasteiger partial charge >= 0.3 is 11.9 Å². The van der Waals surface area contributed by atoms with Crippen LogP contribution in [-0.4, -0.2) is 100 Å². The van der Waals surface area contributed by atoms with Crippen LogP contribution in [-0.2, 0) is 69.1 Å². The molecule has 0 saturated carbocycles. The Bertz CT molecular complexity index is 2610. The topological polar surface area (TPSA) is 335 Å². The number of anilines is 2. The first-order valence-corrected chi connectivity index (χ1v) is 20.6. The van der Waals surface area contributed by atoms with E-state index in [2.05, 4.69) is 10.2 Å². The van der Waals surface area contributed by atoms with Gasteiger partial charge in [-0.15, -0.1) is 0 Å². The van der Waals surface area contributed by atoms with Crippen LogP contribution in [0.25, 0.3) is 0 Å². The van der Waals surface area contributed by atoms with Crippen molar-refractivity contribution >= 4 is 87.0 Å². The van der Waals surface area contributed by atoms with Gasteiger partial charge in [0, 0.05) is 0 Å². The largest absolute Gasteiger partial charge is 0.461 e. The number of hydrazone groups is 2. The van der Waals surface area contributed by atoms with Crippen LogP contribution in [0, 0.1) is 5.92 Å². The van der Waals surface area contributed by atoms with Gasteiger partial charge in [-0.1, -0.05) is 24.3 Å². The summed E-state index contributed by atoms with van der Waals surface area (Å²) in [7, 11) is -20.3. The van der Waals surface area contributed by atoms with Crippen LogP contribution in [0.4, 0.5) is 11.4 Å². The number of benzene rings is 2. The highest BCUT2D eigenvalue weighted by Gasteiger charge is 2.42. The third-order valence-corrected chi connectivity index (χ3v) is 10.6. The van der Waals surface area contributed by atoms with E-state index >= 15 is 0 Å². The standard InChI is InChI=1S/C29H26N4O18S4/c1-3-50-28(36)24-18(26(34)32(30-24)20-14-16(52(38,39)40)10-12-22(20)54(44,45)46)8-6-5-7-9-19-25(29(37)51-4-2)31-33(27(19)35)21-15-17(53(41,42)43)11-13-23(21)55(47,48)49/h5-15,18H,3-4H2,1-2H3,(H,38,39,40)(H,41,42,43)(H,44,45,46)(H,47,48,49). The molecule has 1 atom stereocenters. The van der Waals surface area contributed by atoms with Crippen LogP contribution in [0.5, 0.6) is 0 Å². The molecular weight excluding hydrogens is 821 g/mol. The Hall–Kier alpha value is -5.48. The van der Waals surface area contributed by atoms with Crippen molar-refractivity contribution in [1.29, 1.82) is 0 Å². The van der Waals surface area contributed by atoms with Crippen molar-refractivity contribution in [3.05, 3.63) is 72.4 Å². The van der Waals surface area contributed by atoms with Gasteiger partial charge in [-0.2, -0.15) is 53.9 Å². The minimum absolute atomic E-state index is 0.217. The van der Waals surface area contributed by atoms with E-state index in [0.717, 1.165) is 30.4 Å². The molecule has 22 nitrogen and oxygen atoms in total. The number of amides is 2. The zero-order chi connectivity index (χ0) is 41.3. The van der Waals surface area contributed by atoms with Crippen molar-refractivity contribution in [3.8, 4) is 0 Å². The summed E-state index contributed by atoms with van der Waals surface area (Å²) in [5.74, 6) is -6.47. The molecule has 26 heteroatoms. The quantitative estimate of drug-likeness (QED) is 0.0926. The fourth-order valence-corrected chi connectivity index (χ4v) is 7.04. The predicted octanol–water partition coefficient (Wildman–Crippen LogP) is 0.560. The molecule has 0 radical (unpaired) electrons. The number of hydrogen-bond donors (Lipinski definition) is 4. The average Bonchev–Trinajstić information content (AvgIpc) is 3.58. The number of rotatable bonds is 13. The maximum Gasteiger partial charge on any atom is 0.359 e. The van der Waals surface area contributed by atoms with E-state index in [1.165, 1.54) is 13.8 Å². The van der Waals surface area contributed by atoms with Crippen LogP contribution >= 0.6 is 0 Å². The first-order chi connectivity index (χ1) is 25.4. The number of esters is 2. The number of nitrogens with zero attached hydrogens (tertiary/aromatic N) is 4. The molecule has 2 aliphatic heterocycles. The Balaban J connectivity index is 1.75. The van der Waals surface area contributed by atoms with Gasteiger partial charge in [0.2, 0.25) is 0 Å².